The van der Waals surface area contributed by atoms with Gasteiger partial charge in [-0.15, -0.1) is 0 Å². The Hall–Kier alpha value is -2.89. The van der Waals surface area contributed by atoms with E-state index >= 15 is 0 Å². The van der Waals surface area contributed by atoms with Crippen molar-refractivity contribution in [2.75, 3.05) is 5.32 Å². The first-order chi connectivity index (χ1) is 9.74. The van der Waals surface area contributed by atoms with Crippen LogP contribution >= 0.6 is 0 Å². The van der Waals surface area contributed by atoms with Gasteiger partial charge in [0.1, 0.15) is 11.5 Å². The quantitative estimate of drug-likeness (QED) is 0.764. The van der Waals surface area contributed by atoms with Crippen LogP contribution in [0.3, 0.4) is 0 Å². The van der Waals surface area contributed by atoms with E-state index in [1.807, 2.05) is 37.3 Å². The van der Waals surface area contributed by atoms with Crippen molar-refractivity contribution in [3.05, 3.63) is 53.9 Å². The molecule has 0 aliphatic carbocycles. The maximum Gasteiger partial charge on any atom is 0.295 e. The number of hydrogen-bond donors (Lipinski definition) is 2. The molecular formula is C14H12N4O2. The van der Waals surface area contributed by atoms with Crippen molar-refractivity contribution in [2.24, 2.45) is 0 Å². The molecule has 0 aliphatic rings. The predicted molar refractivity (Wildman–Crippen MR) is 73.2 cm³/mol. The molecule has 0 atom stereocenters. The molecule has 1 aromatic carbocycles. The number of aromatic nitrogens is 3. The van der Waals surface area contributed by atoms with Crippen molar-refractivity contribution in [3.8, 4) is 11.3 Å². The van der Waals surface area contributed by atoms with Crippen LogP contribution in [0.25, 0.3) is 11.3 Å². The van der Waals surface area contributed by atoms with Gasteiger partial charge in [0.2, 0.25) is 5.76 Å². The lowest BCUT2D eigenvalue weighted by Crippen LogP contribution is -2.11. The Morgan fingerprint density at radius 2 is 2.10 bits per heavy atom. The first-order valence-corrected chi connectivity index (χ1v) is 6.07. The highest BCUT2D eigenvalue weighted by atomic mass is 16.5. The number of carbonyl (C=O) groups excluding carboxylic acids is 1. The van der Waals surface area contributed by atoms with Crippen LogP contribution in [-0.2, 0) is 0 Å². The number of benzene rings is 1. The number of anilines is 1. The van der Waals surface area contributed by atoms with E-state index in [2.05, 4.69) is 20.7 Å². The Labute approximate surface area is 114 Å². The third-order valence-electron chi connectivity index (χ3n) is 2.87. The summed E-state index contributed by atoms with van der Waals surface area (Å²) in [6, 6.07) is 11.1. The summed E-state index contributed by atoms with van der Waals surface area (Å²) >= 11 is 0. The Bertz CT molecular complexity index is 730. The third-order valence-corrected chi connectivity index (χ3v) is 2.87. The number of nitrogens with one attached hydrogen (secondary N) is 2. The Balaban J connectivity index is 1.80. The van der Waals surface area contributed by atoms with Gasteiger partial charge >= 0.3 is 0 Å². The lowest BCUT2D eigenvalue weighted by atomic mass is 10.1. The summed E-state index contributed by atoms with van der Waals surface area (Å²) in [6.07, 6.45) is 1.63. The fourth-order valence-corrected chi connectivity index (χ4v) is 1.78. The van der Waals surface area contributed by atoms with E-state index in [0.717, 1.165) is 11.1 Å². The summed E-state index contributed by atoms with van der Waals surface area (Å²) in [5.41, 5.74) is 2.37. The molecule has 2 aromatic heterocycles. The second-order valence-electron chi connectivity index (χ2n) is 4.32. The van der Waals surface area contributed by atoms with Crippen LogP contribution in [0.5, 0.6) is 0 Å². The second kappa shape index (κ2) is 5.00. The third kappa shape index (κ3) is 2.31. The highest BCUT2D eigenvalue weighted by molar-refractivity contribution is 6.02. The topological polar surface area (TPSA) is 83.8 Å². The molecule has 20 heavy (non-hydrogen) atoms. The van der Waals surface area contributed by atoms with E-state index in [9.17, 15) is 4.79 Å². The van der Waals surface area contributed by atoms with Gasteiger partial charge in [0, 0.05) is 17.2 Å². The van der Waals surface area contributed by atoms with Gasteiger partial charge < -0.3 is 9.84 Å². The van der Waals surface area contributed by atoms with Crippen molar-refractivity contribution in [1.82, 2.24) is 15.4 Å². The Kier molecular flexibility index (Phi) is 3.04. The number of aryl methyl sites for hydroxylation is 1. The van der Waals surface area contributed by atoms with Crippen LogP contribution in [0.1, 0.15) is 16.1 Å². The number of hydrogen-bond acceptors (Lipinski definition) is 4. The molecular weight excluding hydrogens is 256 g/mol. The maximum atomic E-state index is 12.0. The van der Waals surface area contributed by atoms with Crippen LogP contribution in [0.4, 0.5) is 5.82 Å². The van der Waals surface area contributed by atoms with E-state index in [1.54, 1.807) is 12.3 Å². The average molecular weight is 268 g/mol. The van der Waals surface area contributed by atoms with Crippen molar-refractivity contribution in [2.45, 2.75) is 6.92 Å². The van der Waals surface area contributed by atoms with Gasteiger partial charge in [-0.25, -0.2) is 0 Å². The van der Waals surface area contributed by atoms with Gasteiger partial charge in [0.15, 0.2) is 0 Å². The molecule has 2 heterocycles. The van der Waals surface area contributed by atoms with Crippen molar-refractivity contribution in [3.63, 3.8) is 0 Å². The molecule has 3 rings (SSSR count). The molecule has 1 amide bonds. The van der Waals surface area contributed by atoms with Crippen molar-refractivity contribution in [1.29, 1.82) is 0 Å². The van der Waals surface area contributed by atoms with E-state index in [4.69, 9.17) is 4.52 Å². The number of aromatic amines is 1. The normalized spacial score (nSPS) is 10.4. The molecule has 0 bridgehead atoms. The highest BCUT2D eigenvalue weighted by Gasteiger charge is 2.15. The van der Waals surface area contributed by atoms with Crippen LogP contribution in [-0.4, -0.2) is 21.3 Å². The largest absolute Gasteiger partial charge is 0.350 e. The fraction of sp³-hybridized carbons (Fsp3) is 0.0714. The standard InChI is InChI=1S/C14H12N4O2/c1-9-8-15-17-13(9)16-14(19)12-7-11(18-20-12)10-5-3-2-4-6-10/h2-8H,1H3,(H2,15,16,17,19). The molecule has 6 heteroatoms. The average Bonchev–Trinajstić information content (AvgIpc) is 3.10. The molecule has 0 spiro atoms. The second-order valence-corrected chi connectivity index (χ2v) is 4.32. The molecule has 0 saturated heterocycles. The number of amides is 1. The minimum absolute atomic E-state index is 0.151. The fourth-order valence-electron chi connectivity index (χ4n) is 1.78. The van der Waals surface area contributed by atoms with E-state index in [0.29, 0.717) is 11.5 Å². The van der Waals surface area contributed by atoms with E-state index in [1.165, 1.54) is 0 Å². The van der Waals surface area contributed by atoms with Crippen LogP contribution in [0.2, 0.25) is 0 Å². The lowest BCUT2D eigenvalue weighted by Gasteiger charge is -1.99. The number of nitrogens with zero attached hydrogens (tertiary/aromatic N) is 2. The number of H-pyrrole nitrogens is 1. The summed E-state index contributed by atoms with van der Waals surface area (Å²) in [5.74, 6) is 0.331. The zero-order valence-electron chi connectivity index (χ0n) is 10.8. The first kappa shape index (κ1) is 12.2. The van der Waals surface area contributed by atoms with Gasteiger partial charge in [0.25, 0.3) is 5.91 Å². The molecule has 0 fully saturated rings. The molecule has 0 radical (unpaired) electrons. The summed E-state index contributed by atoms with van der Waals surface area (Å²) < 4.78 is 5.07. The van der Waals surface area contributed by atoms with Gasteiger partial charge in [0.05, 0.1) is 6.20 Å². The number of carbonyl (C=O) groups is 1. The van der Waals surface area contributed by atoms with E-state index < -0.39 is 0 Å². The van der Waals surface area contributed by atoms with Gasteiger partial charge in [-0.3, -0.25) is 9.89 Å². The van der Waals surface area contributed by atoms with Gasteiger partial charge in [-0.2, -0.15) is 5.10 Å². The van der Waals surface area contributed by atoms with Gasteiger partial charge in [-0.05, 0) is 6.92 Å². The molecule has 100 valence electrons. The summed E-state index contributed by atoms with van der Waals surface area (Å²) in [7, 11) is 0. The summed E-state index contributed by atoms with van der Waals surface area (Å²) in [4.78, 5) is 12.0. The summed E-state index contributed by atoms with van der Waals surface area (Å²) in [5, 5.41) is 13.1. The van der Waals surface area contributed by atoms with Crippen molar-refractivity contribution >= 4 is 11.7 Å². The SMILES string of the molecule is Cc1cn[nH]c1NC(=O)c1cc(-c2ccccc2)no1. The monoisotopic (exact) mass is 268 g/mol. The minimum Gasteiger partial charge on any atom is -0.350 e. The highest BCUT2D eigenvalue weighted by Crippen LogP contribution is 2.19. The lowest BCUT2D eigenvalue weighted by molar-refractivity contribution is 0.0987. The molecule has 6 nitrogen and oxygen atoms in total. The molecule has 0 saturated carbocycles. The zero-order valence-corrected chi connectivity index (χ0v) is 10.8. The molecule has 3 aromatic rings. The Morgan fingerprint density at radius 3 is 2.80 bits per heavy atom. The molecule has 0 unspecified atom stereocenters. The van der Waals surface area contributed by atoms with Crippen LogP contribution < -0.4 is 5.32 Å². The summed E-state index contributed by atoms with van der Waals surface area (Å²) in [6.45, 7) is 1.84. The molecule has 2 N–H and O–H groups in total. The Morgan fingerprint density at radius 1 is 1.30 bits per heavy atom. The van der Waals surface area contributed by atoms with Crippen LogP contribution in [0.15, 0.2) is 47.1 Å². The number of rotatable bonds is 3. The molecule has 0 aliphatic heterocycles. The first-order valence-electron chi connectivity index (χ1n) is 6.07. The maximum absolute atomic E-state index is 12.0. The van der Waals surface area contributed by atoms with Crippen molar-refractivity contribution < 1.29 is 9.32 Å². The van der Waals surface area contributed by atoms with E-state index in [-0.39, 0.29) is 11.7 Å². The van der Waals surface area contributed by atoms with Crippen LogP contribution in [0, 0.1) is 6.92 Å². The minimum atomic E-state index is -0.368. The smallest absolute Gasteiger partial charge is 0.295 e. The predicted octanol–water partition coefficient (Wildman–Crippen LogP) is 2.63. The van der Waals surface area contributed by atoms with Gasteiger partial charge in [-0.1, -0.05) is 35.5 Å². The zero-order chi connectivity index (χ0) is 13.9.